The van der Waals surface area contributed by atoms with Gasteiger partial charge in [-0.05, 0) is 84.6 Å². The third-order valence-electron chi connectivity index (χ3n) is 8.26. The summed E-state index contributed by atoms with van der Waals surface area (Å²) in [5, 5.41) is 15.7. The zero-order chi connectivity index (χ0) is 35.0. The Kier molecular flexibility index (Phi) is 9.76. The highest BCUT2D eigenvalue weighted by Crippen LogP contribution is 2.39. The van der Waals surface area contributed by atoms with Gasteiger partial charge in [-0.25, -0.2) is 0 Å². The van der Waals surface area contributed by atoms with Crippen LogP contribution in [0.15, 0.2) is 40.9 Å². The van der Waals surface area contributed by atoms with Crippen molar-refractivity contribution in [2.75, 3.05) is 18.0 Å². The Morgan fingerprint density at radius 2 is 1.50 bits per heavy atom. The van der Waals surface area contributed by atoms with E-state index in [-0.39, 0.29) is 36.1 Å². The van der Waals surface area contributed by atoms with Crippen molar-refractivity contribution in [1.82, 2.24) is 35.2 Å². The van der Waals surface area contributed by atoms with Gasteiger partial charge in [-0.3, -0.25) is 4.90 Å². The molecule has 1 aliphatic rings. The molecule has 3 heterocycles. The smallest absolute Gasteiger partial charge is 0.340 e. The lowest BCUT2D eigenvalue weighted by molar-refractivity contribution is -0.143. The van der Waals surface area contributed by atoms with E-state index in [1.54, 1.807) is 6.92 Å². The summed E-state index contributed by atoms with van der Waals surface area (Å²) in [5.41, 5.74) is -3.73. The SMILES string of the molecule is CCC(c1ccc(C(F)(F)F)cc1CN(Cc1cc(C(F)(F)F)cc(C(F)(F)F)c1)c1nnn(C)n1)N1CCC(c2noc(C)n2)CC1. The summed E-state index contributed by atoms with van der Waals surface area (Å²) in [6, 6.07) is 4.06. The fourth-order valence-corrected chi connectivity index (χ4v) is 6.00. The van der Waals surface area contributed by atoms with E-state index in [0.29, 0.717) is 61.8 Å². The molecule has 0 spiro atoms. The van der Waals surface area contributed by atoms with Crippen LogP contribution < -0.4 is 4.90 Å². The molecular formula is C30H31F9N8O. The molecule has 1 aliphatic heterocycles. The molecule has 2 aromatic heterocycles. The average molecular weight is 691 g/mol. The van der Waals surface area contributed by atoms with Gasteiger partial charge in [0.25, 0.3) is 5.95 Å². The molecule has 0 N–H and O–H groups in total. The maximum absolute atomic E-state index is 14.0. The summed E-state index contributed by atoms with van der Waals surface area (Å²) < 4.78 is 129. The summed E-state index contributed by atoms with van der Waals surface area (Å²) in [6.45, 7) is 3.73. The van der Waals surface area contributed by atoms with Gasteiger partial charge in [-0.15, -0.1) is 5.10 Å². The van der Waals surface area contributed by atoms with Crippen LogP contribution in [0, 0.1) is 6.92 Å². The molecule has 5 rings (SSSR count). The van der Waals surface area contributed by atoms with E-state index in [1.807, 2.05) is 6.92 Å². The normalized spacial score (nSPS) is 16.0. The Hall–Kier alpha value is -4.22. The van der Waals surface area contributed by atoms with Gasteiger partial charge in [0.2, 0.25) is 5.89 Å². The number of aryl methyl sites for hydroxylation is 2. The van der Waals surface area contributed by atoms with Gasteiger partial charge in [0.05, 0.1) is 23.7 Å². The quantitative estimate of drug-likeness (QED) is 0.167. The van der Waals surface area contributed by atoms with Crippen molar-refractivity contribution in [2.24, 2.45) is 7.05 Å². The van der Waals surface area contributed by atoms with Crippen LogP contribution in [0.2, 0.25) is 0 Å². The van der Waals surface area contributed by atoms with E-state index in [2.05, 4.69) is 30.5 Å². The van der Waals surface area contributed by atoms with Crippen molar-refractivity contribution >= 4 is 5.95 Å². The van der Waals surface area contributed by atoms with Crippen LogP contribution in [-0.2, 0) is 38.7 Å². The van der Waals surface area contributed by atoms with Crippen LogP contribution in [0.1, 0.15) is 83.2 Å². The standard InChI is InChI=1S/C30H31F9N8O/c1-4-25(46-9-7-19(8-10-46)26-40-17(2)48-43-26)24-6-5-21(28(31,32)33)13-20(24)16-47(27-41-44-45(3)42-27)15-18-11-22(29(34,35)36)14-23(12-18)30(37,38)39/h5-6,11-14,19,25H,4,7-10,15-16H2,1-3H3. The highest BCUT2D eigenvalue weighted by molar-refractivity contribution is 5.42. The van der Waals surface area contributed by atoms with Gasteiger partial charge in [-0.2, -0.15) is 49.3 Å². The number of benzene rings is 2. The van der Waals surface area contributed by atoms with E-state index in [1.165, 1.54) is 18.0 Å². The molecular weight excluding hydrogens is 659 g/mol. The van der Waals surface area contributed by atoms with E-state index in [0.717, 1.165) is 16.9 Å². The number of likely N-dealkylation sites (tertiary alicyclic amines) is 1. The molecule has 48 heavy (non-hydrogen) atoms. The number of tetrazole rings is 1. The van der Waals surface area contributed by atoms with Crippen molar-refractivity contribution in [1.29, 1.82) is 0 Å². The van der Waals surface area contributed by atoms with Crippen LogP contribution in [0.25, 0.3) is 0 Å². The number of hydrogen-bond donors (Lipinski definition) is 0. The number of aromatic nitrogens is 6. The van der Waals surface area contributed by atoms with Crippen molar-refractivity contribution in [3.05, 3.63) is 81.5 Å². The molecule has 0 amide bonds. The lowest BCUT2D eigenvalue weighted by atomic mass is 9.90. The highest BCUT2D eigenvalue weighted by atomic mass is 19.4. The second kappa shape index (κ2) is 13.4. The number of halogens is 9. The summed E-state index contributed by atoms with van der Waals surface area (Å²) in [7, 11) is 1.39. The van der Waals surface area contributed by atoms with Crippen molar-refractivity contribution in [3.8, 4) is 0 Å². The fourth-order valence-electron chi connectivity index (χ4n) is 6.00. The maximum Gasteiger partial charge on any atom is 0.416 e. The minimum atomic E-state index is -5.09. The summed E-state index contributed by atoms with van der Waals surface area (Å²) in [4.78, 5) is 8.67. The van der Waals surface area contributed by atoms with Crippen LogP contribution >= 0.6 is 0 Å². The molecule has 0 saturated carbocycles. The van der Waals surface area contributed by atoms with Gasteiger partial charge in [0.1, 0.15) is 0 Å². The van der Waals surface area contributed by atoms with Gasteiger partial charge < -0.3 is 9.42 Å². The lowest BCUT2D eigenvalue weighted by Crippen LogP contribution is -2.37. The molecule has 260 valence electrons. The van der Waals surface area contributed by atoms with Gasteiger partial charge >= 0.3 is 18.5 Å². The summed E-state index contributed by atoms with van der Waals surface area (Å²) in [6.07, 6.45) is -13.1. The largest absolute Gasteiger partial charge is 0.416 e. The first-order valence-corrected chi connectivity index (χ1v) is 14.9. The minimum Gasteiger partial charge on any atom is -0.340 e. The second-order valence-corrected chi connectivity index (χ2v) is 11.7. The van der Waals surface area contributed by atoms with Crippen LogP contribution in [-0.4, -0.2) is 48.3 Å². The fraction of sp³-hybridized carbons (Fsp3) is 0.500. The van der Waals surface area contributed by atoms with Crippen LogP contribution in [0.3, 0.4) is 0 Å². The number of anilines is 1. The topological polar surface area (TPSA) is 89.0 Å². The predicted octanol–water partition coefficient (Wildman–Crippen LogP) is 7.50. The monoisotopic (exact) mass is 690 g/mol. The Morgan fingerprint density at radius 3 is 2.00 bits per heavy atom. The Morgan fingerprint density at radius 1 is 0.875 bits per heavy atom. The van der Waals surface area contributed by atoms with Gasteiger partial charge in [0.15, 0.2) is 5.82 Å². The molecule has 1 saturated heterocycles. The third-order valence-corrected chi connectivity index (χ3v) is 8.26. The third kappa shape index (κ3) is 8.07. The maximum atomic E-state index is 14.0. The molecule has 1 fully saturated rings. The first-order valence-electron chi connectivity index (χ1n) is 14.9. The van der Waals surface area contributed by atoms with Gasteiger partial charge in [0, 0.05) is 32.0 Å². The number of hydrogen-bond acceptors (Lipinski definition) is 8. The van der Waals surface area contributed by atoms with Crippen molar-refractivity contribution < 1.29 is 44.0 Å². The van der Waals surface area contributed by atoms with Gasteiger partial charge in [-0.1, -0.05) is 23.2 Å². The molecule has 18 heteroatoms. The molecule has 9 nitrogen and oxygen atoms in total. The molecule has 0 bridgehead atoms. The zero-order valence-corrected chi connectivity index (χ0v) is 26.0. The number of rotatable bonds is 9. The molecule has 1 unspecified atom stereocenters. The van der Waals surface area contributed by atoms with Crippen molar-refractivity contribution in [3.63, 3.8) is 0 Å². The first kappa shape index (κ1) is 35.1. The van der Waals surface area contributed by atoms with E-state index in [4.69, 9.17) is 4.52 Å². The summed E-state index contributed by atoms with van der Waals surface area (Å²) >= 11 is 0. The summed E-state index contributed by atoms with van der Waals surface area (Å²) in [5.74, 6) is 0.868. The van der Waals surface area contributed by atoms with Crippen molar-refractivity contribution in [2.45, 2.75) is 76.7 Å². The number of nitrogens with zero attached hydrogens (tertiary/aromatic N) is 8. The van der Waals surface area contributed by atoms with Crippen LogP contribution in [0.4, 0.5) is 45.5 Å². The first-order chi connectivity index (χ1) is 22.4. The highest BCUT2D eigenvalue weighted by Gasteiger charge is 2.38. The Balaban J connectivity index is 1.52. The Bertz CT molecular complexity index is 1670. The molecule has 0 aliphatic carbocycles. The second-order valence-electron chi connectivity index (χ2n) is 11.7. The number of piperidine rings is 1. The van der Waals surface area contributed by atoms with E-state index >= 15 is 0 Å². The molecule has 2 aromatic carbocycles. The number of alkyl halides is 9. The molecule has 0 radical (unpaired) electrons. The van der Waals surface area contributed by atoms with E-state index in [9.17, 15) is 39.5 Å². The average Bonchev–Trinajstić information content (AvgIpc) is 3.64. The van der Waals surface area contributed by atoms with Crippen LogP contribution in [0.5, 0.6) is 0 Å². The zero-order valence-electron chi connectivity index (χ0n) is 26.0. The predicted molar refractivity (Wildman–Crippen MR) is 152 cm³/mol. The molecule has 1 atom stereocenters. The van der Waals surface area contributed by atoms with E-state index < -0.39 is 47.3 Å². The molecule has 4 aromatic rings. The lowest BCUT2D eigenvalue weighted by Gasteiger charge is -2.38. The Labute approximate surface area is 268 Å². The minimum absolute atomic E-state index is 0.00813.